The number of carbonyl (C=O) groups is 1. The number of nitrogens with one attached hydrogen (secondary N) is 1. The molecule has 0 saturated heterocycles. The lowest BCUT2D eigenvalue weighted by atomic mass is 10.2. The van der Waals surface area contributed by atoms with Crippen molar-refractivity contribution in [2.45, 2.75) is 25.8 Å². The third-order valence-corrected chi connectivity index (χ3v) is 3.74. The highest BCUT2D eigenvalue weighted by molar-refractivity contribution is 5.91. The van der Waals surface area contributed by atoms with Crippen LogP contribution in [0.4, 0.5) is 0 Å². The second-order valence-electron chi connectivity index (χ2n) is 5.07. The first-order valence-corrected chi connectivity index (χ1v) is 6.87. The Balaban J connectivity index is 1.96. The third-order valence-electron chi connectivity index (χ3n) is 3.74. The molecular weight excluding hydrogens is 268 g/mol. The fraction of sp³-hybridized carbons (Fsp3) is 0.267. The Kier molecular flexibility index (Phi) is 3.53. The summed E-state index contributed by atoms with van der Waals surface area (Å²) >= 11 is 0. The van der Waals surface area contributed by atoms with E-state index in [2.05, 4.69) is 10.4 Å². The highest BCUT2D eigenvalue weighted by atomic mass is 16.2. The summed E-state index contributed by atoms with van der Waals surface area (Å²) in [5.41, 5.74) is 5.24. The van der Waals surface area contributed by atoms with Gasteiger partial charge in [0.1, 0.15) is 5.69 Å². The maximum atomic E-state index is 12.1. The number of hydrazine groups is 1. The first-order valence-electron chi connectivity index (χ1n) is 6.87. The number of fused-ring (bicyclic) bond motifs is 1. The summed E-state index contributed by atoms with van der Waals surface area (Å²) in [7, 11) is 0. The SMILES string of the molecule is NNC(=O)c1cccc(Cn2c3c(ccc2=O)CCC3)n1. The average molecular weight is 284 g/mol. The number of hydrogen-bond donors (Lipinski definition) is 2. The largest absolute Gasteiger partial charge is 0.306 e. The van der Waals surface area contributed by atoms with Crippen LogP contribution >= 0.6 is 0 Å². The first-order chi connectivity index (χ1) is 10.2. The summed E-state index contributed by atoms with van der Waals surface area (Å²) in [6.45, 7) is 0.369. The van der Waals surface area contributed by atoms with Crippen LogP contribution in [0.25, 0.3) is 0 Å². The molecule has 0 aromatic carbocycles. The fourth-order valence-electron chi connectivity index (χ4n) is 2.74. The van der Waals surface area contributed by atoms with Gasteiger partial charge >= 0.3 is 0 Å². The van der Waals surface area contributed by atoms with Gasteiger partial charge < -0.3 is 4.57 Å². The second-order valence-corrected chi connectivity index (χ2v) is 5.07. The number of aryl methyl sites for hydroxylation is 1. The lowest BCUT2D eigenvalue weighted by Gasteiger charge is -2.12. The van der Waals surface area contributed by atoms with E-state index < -0.39 is 5.91 Å². The molecule has 1 aliphatic rings. The van der Waals surface area contributed by atoms with E-state index in [1.54, 1.807) is 28.8 Å². The number of aromatic nitrogens is 2. The zero-order valence-corrected chi connectivity index (χ0v) is 11.5. The summed E-state index contributed by atoms with van der Waals surface area (Å²) in [5, 5.41) is 0. The van der Waals surface area contributed by atoms with Crippen LogP contribution in [0.15, 0.2) is 35.1 Å². The number of nitrogens with two attached hydrogens (primary N) is 1. The minimum absolute atomic E-state index is 0.0360. The predicted octanol–water partition coefficient (Wildman–Crippen LogP) is 0.384. The summed E-state index contributed by atoms with van der Waals surface area (Å²) in [6, 6.07) is 8.63. The lowest BCUT2D eigenvalue weighted by molar-refractivity contribution is 0.0948. The number of carbonyl (C=O) groups excluding carboxylic acids is 1. The van der Waals surface area contributed by atoms with Crippen LogP contribution in [-0.2, 0) is 19.4 Å². The summed E-state index contributed by atoms with van der Waals surface area (Å²) in [6.07, 6.45) is 2.99. The third kappa shape index (κ3) is 2.57. The highest BCUT2D eigenvalue weighted by Crippen LogP contribution is 2.20. The number of rotatable bonds is 3. The van der Waals surface area contributed by atoms with Crippen LogP contribution < -0.4 is 16.8 Å². The average Bonchev–Trinajstić information content (AvgIpc) is 2.98. The molecule has 6 nitrogen and oxygen atoms in total. The van der Waals surface area contributed by atoms with Gasteiger partial charge in [-0.05, 0) is 37.0 Å². The zero-order valence-electron chi connectivity index (χ0n) is 11.5. The van der Waals surface area contributed by atoms with E-state index in [1.165, 1.54) is 5.56 Å². The molecular formula is C15H16N4O2. The minimum atomic E-state index is -0.442. The Hall–Kier alpha value is -2.47. The molecule has 0 fully saturated rings. The topological polar surface area (TPSA) is 90.0 Å². The van der Waals surface area contributed by atoms with Gasteiger partial charge in [0, 0.05) is 11.8 Å². The molecule has 21 heavy (non-hydrogen) atoms. The van der Waals surface area contributed by atoms with Gasteiger partial charge in [0.15, 0.2) is 0 Å². The fourth-order valence-corrected chi connectivity index (χ4v) is 2.74. The van der Waals surface area contributed by atoms with E-state index in [4.69, 9.17) is 5.84 Å². The summed E-state index contributed by atoms with van der Waals surface area (Å²) in [5.74, 6) is 4.67. The lowest BCUT2D eigenvalue weighted by Crippen LogP contribution is -2.31. The Morgan fingerprint density at radius 3 is 2.95 bits per heavy atom. The van der Waals surface area contributed by atoms with E-state index in [-0.39, 0.29) is 11.3 Å². The van der Waals surface area contributed by atoms with E-state index >= 15 is 0 Å². The second kappa shape index (κ2) is 5.49. The molecule has 1 amide bonds. The van der Waals surface area contributed by atoms with Crippen LogP contribution in [0.3, 0.4) is 0 Å². The van der Waals surface area contributed by atoms with E-state index in [9.17, 15) is 9.59 Å². The Labute approximate surface area is 121 Å². The quantitative estimate of drug-likeness (QED) is 0.484. The van der Waals surface area contributed by atoms with E-state index in [0.717, 1.165) is 25.0 Å². The number of nitrogen functional groups attached to an aromatic ring is 1. The van der Waals surface area contributed by atoms with E-state index in [0.29, 0.717) is 12.2 Å². The molecule has 2 aromatic heterocycles. The van der Waals surface area contributed by atoms with Crippen LogP contribution in [-0.4, -0.2) is 15.5 Å². The molecule has 0 aliphatic heterocycles. The molecule has 0 saturated carbocycles. The number of nitrogens with zero attached hydrogens (tertiary/aromatic N) is 2. The standard InChI is InChI=1S/C15H16N4O2/c16-18-15(21)12-5-2-4-11(17-12)9-19-13-6-1-3-10(13)7-8-14(19)20/h2,4-5,7-8H,1,3,6,9,16H2,(H,18,21). The number of hydrogen-bond acceptors (Lipinski definition) is 4. The minimum Gasteiger partial charge on any atom is -0.306 e. The molecule has 3 rings (SSSR count). The smallest absolute Gasteiger partial charge is 0.283 e. The van der Waals surface area contributed by atoms with Crippen LogP contribution in [0.1, 0.15) is 33.9 Å². The Bertz CT molecular complexity index is 752. The van der Waals surface area contributed by atoms with Crippen molar-refractivity contribution in [3.05, 3.63) is 63.3 Å². The number of pyridine rings is 2. The first kappa shape index (κ1) is 13.5. The normalized spacial score (nSPS) is 13.0. The van der Waals surface area contributed by atoms with Gasteiger partial charge in [-0.1, -0.05) is 12.1 Å². The van der Waals surface area contributed by atoms with Gasteiger partial charge in [0.25, 0.3) is 11.5 Å². The molecule has 6 heteroatoms. The van der Waals surface area contributed by atoms with Gasteiger partial charge in [-0.15, -0.1) is 0 Å². The molecule has 3 N–H and O–H groups in total. The van der Waals surface area contributed by atoms with Crippen molar-refractivity contribution >= 4 is 5.91 Å². The van der Waals surface area contributed by atoms with Crippen molar-refractivity contribution in [3.8, 4) is 0 Å². The predicted molar refractivity (Wildman–Crippen MR) is 77.7 cm³/mol. The zero-order chi connectivity index (χ0) is 14.8. The molecule has 0 atom stereocenters. The van der Waals surface area contributed by atoms with Crippen molar-refractivity contribution in [3.63, 3.8) is 0 Å². The number of amides is 1. The molecule has 0 spiro atoms. The molecule has 108 valence electrons. The van der Waals surface area contributed by atoms with Crippen molar-refractivity contribution in [2.24, 2.45) is 5.84 Å². The van der Waals surface area contributed by atoms with Gasteiger partial charge in [-0.25, -0.2) is 10.8 Å². The summed E-state index contributed by atoms with van der Waals surface area (Å²) in [4.78, 5) is 27.9. The monoisotopic (exact) mass is 284 g/mol. The molecule has 0 radical (unpaired) electrons. The van der Waals surface area contributed by atoms with Crippen molar-refractivity contribution in [1.29, 1.82) is 0 Å². The molecule has 2 heterocycles. The Morgan fingerprint density at radius 1 is 1.29 bits per heavy atom. The van der Waals surface area contributed by atoms with Crippen molar-refractivity contribution in [1.82, 2.24) is 15.0 Å². The van der Waals surface area contributed by atoms with Gasteiger partial charge in [-0.2, -0.15) is 0 Å². The Morgan fingerprint density at radius 2 is 2.14 bits per heavy atom. The van der Waals surface area contributed by atoms with Crippen LogP contribution in [0.2, 0.25) is 0 Å². The molecule has 1 aliphatic carbocycles. The van der Waals surface area contributed by atoms with Gasteiger partial charge in [0.05, 0.1) is 12.2 Å². The van der Waals surface area contributed by atoms with Gasteiger partial charge in [-0.3, -0.25) is 15.0 Å². The van der Waals surface area contributed by atoms with Gasteiger partial charge in [0.2, 0.25) is 0 Å². The molecule has 2 aromatic rings. The summed E-state index contributed by atoms with van der Waals surface area (Å²) < 4.78 is 1.74. The van der Waals surface area contributed by atoms with E-state index in [1.807, 2.05) is 6.07 Å². The molecule has 0 bridgehead atoms. The van der Waals surface area contributed by atoms with Crippen molar-refractivity contribution in [2.75, 3.05) is 0 Å². The van der Waals surface area contributed by atoms with Crippen LogP contribution in [0.5, 0.6) is 0 Å². The highest BCUT2D eigenvalue weighted by Gasteiger charge is 2.16. The molecule has 0 unspecified atom stereocenters. The van der Waals surface area contributed by atoms with Crippen molar-refractivity contribution < 1.29 is 4.79 Å². The maximum Gasteiger partial charge on any atom is 0.283 e. The van der Waals surface area contributed by atoms with Crippen LogP contribution in [0, 0.1) is 0 Å². The maximum absolute atomic E-state index is 12.1.